The van der Waals surface area contributed by atoms with Crippen molar-refractivity contribution in [3.63, 3.8) is 0 Å². The van der Waals surface area contributed by atoms with E-state index >= 15 is 0 Å². The van der Waals surface area contributed by atoms with Gasteiger partial charge >= 0.3 is 0 Å². The van der Waals surface area contributed by atoms with Crippen LogP contribution in [0.25, 0.3) is 11.9 Å². The number of nitrogens with zero attached hydrogens (tertiary/aromatic N) is 4. The minimum absolute atomic E-state index is 0.0803. The molecule has 5 nitrogen and oxygen atoms in total. The Morgan fingerprint density at radius 3 is 2.64 bits per heavy atom. The van der Waals surface area contributed by atoms with Gasteiger partial charge in [-0.25, -0.2) is 9.55 Å². The number of aromatic hydroxyl groups is 1. The average Bonchev–Trinajstić information content (AvgIpc) is 3.07. The maximum absolute atomic E-state index is 10.5. The Balaban J connectivity index is 1.93. The third-order valence-electron chi connectivity index (χ3n) is 3.74. The lowest BCUT2D eigenvalue weighted by molar-refractivity contribution is 0.440. The first-order chi connectivity index (χ1) is 12.0. The summed E-state index contributed by atoms with van der Waals surface area (Å²) in [5.41, 5.74) is 4.20. The van der Waals surface area contributed by atoms with Crippen molar-refractivity contribution in [3.8, 4) is 11.7 Å². The molecule has 0 bridgehead atoms. The smallest absolute Gasteiger partial charge is 0.217 e. The van der Waals surface area contributed by atoms with Gasteiger partial charge in [0.05, 0.1) is 4.88 Å². The van der Waals surface area contributed by atoms with Crippen LogP contribution in [-0.4, -0.2) is 38.6 Å². The van der Waals surface area contributed by atoms with Crippen LogP contribution in [0.5, 0.6) is 5.88 Å². The van der Waals surface area contributed by atoms with Crippen molar-refractivity contribution >= 4 is 29.6 Å². The summed E-state index contributed by atoms with van der Waals surface area (Å²) in [6.45, 7) is 2.02. The lowest BCUT2D eigenvalue weighted by Gasteiger charge is -2.19. The first-order valence-electron chi connectivity index (χ1n) is 7.62. The van der Waals surface area contributed by atoms with Gasteiger partial charge in [-0.05, 0) is 42.9 Å². The molecule has 128 valence electrons. The van der Waals surface area contributed by atoms with Gasteiger partial charge in [-0.3, -0.25) is 0 Å². The number of hydrogen-bond donors (Lipinski definition) is 1. The monoisotopic (exact) mass is 370 g/mol. The minimum Gasteiger partial charge on any atom is -0.493 e. The largest absolute Gasteiger partial charge is 0.493 e. The van der Waals surface area contributed by atoms with Crippen LogP contribution in [0.1, 0.15) is 11.8 Å². The van der Waals surface area contributed by atoms with Crippen LogP contribution in [-0.2, 0) is 0 Å². The molecule has 0 saturated carbocycles. The molecular formula is C18H18N4OS2. The third kappa shape index (κ3) is 3.44. The zero-order valence-electron chi connectivity index (χ0n) is 14.2. The average molecular weight is 371 g/mol. The molecule has 1 aliphatic heterocycles. The predicted octanol–water partition coefficient (Wildman–Crippen LogP) is 4.12. The van der Waals surface area contributed by atoms with Crippen molar-refractivity contribution in [2.75, 3.05) is 14.1 Å². The summed E-state index contributed by atoms with van der Waals surface area (Å²) in [6.07, 6.45) is 9.30. The molecule has 0 aliphatic carbocycles. The van der Waals surface area contributed by atoms with Crippen molar-refractivity contribution in [2.24, 2.45) is 0 Å². The zero-order valence-corrected chi connectivity index (χ0v) is 15.8. The fourth-order valence-electron chi connectivity index (χ4n) is 2.62. The molecule has 2 aromatic rings. The van der Waals surface area contributed by atoms with Crippen LogP contribution < -0.4 is 0 Å². The van der Waals surface area contributed by atoms with Crippen molar-refractivity contribution < 1.29 is 5.11 Å². The summed E-state index contributed by atoms with van der Waals surface area (Å²) in [4.78, 5) is 8.98. The number of thiazole rings is 1. The maximum Gasteiger partial charge on any atom is 0.217 e. The van der Waals surface area contributed by atoms with Gasteiger partial charge in [-0.1, -0.05) is 6.07 Å². The molecule has 1 aliphatic rings. The summed E-state index contributed by atoms with van der Waals surface area (Å²) in [7, 11) is 4.00. The van der Waals surface area contributed by atoms with E-state index in [0.717, 1.165) is 11.4 Å². The second-order valence-electron chi connectivity index (χ2n) is 5.56. The number of pyridine rings is 1. The molecule has 7 heteroatoms. The Hall–Kier alpha value is -2.60. The van der Waals surface area contributed by atoms with Gasteiger partial charge in [0.15, 0.2) is 3.95 Å². The van der Waals surface area contributed by atoms with E-state index in [4.69, 9.17) is 12.2 Å². The Bertz CT molecular complexity index is 949. The fourth-order valence-corrected chi connectivity index (χ4v) is 3.84. The molecule has 0 aromatic carbocycles. The summed E-state index contributed by atoms with van der Waals surface area (Å²) in [6, 6.07) is 5.48. The van der Waals surface area contributed by atoms with E-state index < -0.39 is 0 Å². The number of rotatable bonds is 3. The summed E-state index contributed by atoms with van der Waals surface area (Å²) >= 11 is 6.68. The summed E-state index contributed by atoms with van der Waals surface area (Å²) in [5, 5.41) is 10.5. The normalized spacial score (nSPS) is 13.2. The van der Waals surface area contributed by atoms with Crippen LogP contribution in [0.2, 0.25) is 0 Å². The molecule has 3 heterocycles. The number of aromatic nitrogens is 2. The van der Waals surface area contributed by atoms with Crippen LogP contribution >= 0.6 is 23.6 Å². The molecule has 0 spiro atoms. The highest BCUT2D eigenvalue weighted by Gasteiger charge is 2.14. The number of allylic oxidation sites excluding steroid dienone is 2. The Labute approximate surface area is 155 Å². The standard InChI is InChI=1S/C18H18N4OS2/c1-13(16-20(2)11-12-21(16)3)7-6-8-14-17(23)22(18(24)25-14)15-9-4-5-10-19-15/h4-5,7-12,23H,1-3H3. The Morgan fingerprint density at radius 1 is 1.28 bits per heavy atom. The van der Waals surface area contributed by atoms with Crippen molar-refractivity contribution in [1.29, 1.82) is 0 Å². The molecule has 0 atom stereocenters. The van der Waals surface area contributed by atoms with Gasteiger partial charge in [0.25, 0.3) is 0 Å². The first kappa shape index (κ1) is 17.2. The van der Waals surface area contributed by atoms with E-state index in [1.54, 1.807) is 22.9 Å². The number of hydrogen-bond acceptors (Lipinski definition) is 6. The minimum atomic E-state index is 0.0803. The Kier molecular flexibility index (Phi) is 4.90. The highest BCUT2D eigenvalue weighted by atomic mass is 32.1. The van der Waals surface area contributed by atoms with Gasteiger partial charge in [0, 0.05) is 38.8 Å². The van der Waals surface area contributed by atoms with E-state index in [0.29, 0.717) is 14.6 Å². The lowest BCUT2D eigenvalue weighted by atomic mass is 10.2. The summed E-state index contributed by atoms with van der Waals surface area (Å²) < 4.78 is 2.10. The van der Waals surface area contributed by atoms with Crippen molar-refractivity contribution in [1.82, 2.24) is 19.4 Å². The van der Waals surface area contributed by atoms with Crippen LogP contribution in [0.15, 0.2) is 60.0 Å². The summed E-state index contributed by atoms with van der Waals surface area (Å²) in [5.74, 6) is 1.77. The predicted molar refractivity (Wildman–Crippen MR) is 104 cm³/mol. The van der Waals surface area contributed by atoms with E-state index in [2.05, 4.69) is 10.7 Å². The lowest BCUT2D eigenvalue weighted by Crippen LogP contribution is -2.17. The van der Waals surface area contributed by atoms with E-state index in [-0.39, 0.29) is 5.88 Å². The molecule has 0 unspecified atom stereocenters. The maximum atomic E-state index is 10.5. The van der Waals surface area contributed by atoms with Gasteiger partial charge in [0.2, 0.25) is 5.88 Å². The van der Waals surface area contributed by atoms with E-state index in [9.17, 15) is 5.11 Å². The van der Waals surface area contributed by atoms with Crippen LogP contribution in [0, 0.1) is 3.95 Å². The SMILES string of the molecule is CC(C=C=Cc1sc(=S)n(-c2ccccn2)c1O)=C1N(C)C=CN1C. The van der Waals surface area contributed by atoms with Crippen molar-refractivity contribution in [3.05, 3.63) is 68.8 Å². The molecule has 0 fully saturated rings. The quantitative estimate of drug-likeness (QED) is 0.650. The molecular weight excluding hydrogens is 352 g/mol. The molecule has 25 heavy (non-hydrogen) atoms. The first-order valence-corrected chi connectivity index (χ1v) is 8.85. The van der Waals surface area contributed by atoms with Crippen LogP contribution in [0.3, 0.4) is 0 Å². The highest BCUT2D eigenvalue weighted by Crippen LogP contribution is 2.29. The van der Waals surface area contributed by atoms with E-state index in [1.165, 1.54) is 11.3 Å². The molecule has 3 rings (SSSR count). The topological polar surface area (TPSA) is 44.5 Å². The van der Waals surface area contributed by atoms with Gasteiger partial charge in [0.1, 0.15) is 11.6 Å². The van der Waals surface area contributed by atoms with Gasteiger partial charge in [-0.2, -0.15) is 0 Å². The van der Waals surface area contributed by atoms with Crippen LogP contribution in [0.4, 0.5) is 0 Å². The molecule has 0 saturated heterocycles. The third-order valence-corrected chi connectivity index (χ3v) is 5.05. The molecule has 2 aromatic heterocycles. The fraction of sp³-hybridized carbons (Fsp3) is 0.167. The van der Waals surface area contributed by atoms with E-state index in [1.807, 2.05) is 61.4 Å². The Morgan fingerprint density at radius 2 is 2.00 bits per heavy atom. The zero-order chi connectivity index (χ0) is 18.0. The van der Waals surface area contributed by atoms with Crippen molar-refractivity contribution in [2.45, 2.75) is 6.92 Å². The second kappa shape index (κ2) is 7.11. The second-order valence-corrected chi connectivity index (χ2v) is 7.24. The molecule has 1 N–H and O–H groups in total. The highest BCUT2D eigenvalue weighted by molar-refractivity contribution is 7.73. The van der Waals surface area contributed by atoms with Gasteiger partial charge < -0.3 is 14.9 Å². The molecule has 0 amide bonds. The van der Waals surface area contributed by atoms with Gasteiger partial charge in [-0.15, -0.1) is 17.1 Å². The molecule has 0 radical (unpaired) electrons.